The van der Waals surface area contributed by atoms with E-state index in [0.29, 0.717) is 12.0 Å². The van der Waals surface area contributed by atoms with Gasteiger partial charge in [-0.2, -0.15) is 0 Å². The Morgan fingerprint density at radius 2 is 1.78 bits per heavy atom. The maximum Gasteiger partial charge on any atom is 0.307 e. The molecule has 2 saturated heterocycles. The fourth-order valence-corrected chi connectivity index (χ4v) is 5.26. The van der Waals surface area contributed by atoms with Gasteiger partial charge in [-0.1, -0.05) is 13.8 Å². The van der Waals surface area contributed by atoms with E-state index in [1.165, 1.54) is 32.2 Å². The number of rotatable bonds is 3. The molecule has 0 spiro atoms. The minimum atomic E-state index is -0.819. The highest BCUT2D eigenvalue weighted by atomic mass is 16.4. The van der Waals surface area contributed by atoms with Crippen LogP contribution in [0.4, 0.5) is 0 Å². The summed E-state index contributed by atoms with van der Waals surface area (Å²) in [5, 5.41) is 9.32. The third kappa shape index (κ3) is 2.48. The van der Waals surface area contributed by atoms with Gasteiger partial charge in [-0.3, -0.25) is 14.5 Å². The van der Waals surface area contributed by atoms with Gasteiger partial charge >= 0.3 is 5.97 Å². The van der Waals surface area contributed by atoms with Crippen molar-refractivity contribution in [3.05, 3.63) is 0 Å². The Hall–Kier alpha value is -1.10. The van der Waals surface area contributed by atoms with Crippen molar-refractivity contribution < 1.29 is 14.7 Å². The van der Waals surface area contributed by atoms with Crippen molar-refractivity contribution in [3.8, 4) is 0 Å². The molecule has 2 unspecified atom stereocenters. The zero-order chi connectivity index (χ0) is 16.4. The molecule has 1 amide bonds. The van der Waals surface area contributed by atoms with Crippen LogP contribution >= 0.6 is 0 Å². The van der Waals surface area contributed by atoms with Crippen LogP contribution in [0.15, 0.2) is 0 Å². The van der Waals surface area contributed by atoms with Crippen LogP contribution in [0.3, 0.4) is 0 Å². The molecule has 2 heterocycles. The summed E-state index contributed by atoms with van der Waals surface area (Å²) in [6, 6.07) is 1.46. The van der Waals surface area contributed by atoms with Gasteiger partial charge in [0.2, 0.25) is 5.91 Å². The third-order valence-electron chi connectivity index (χ3n) is 6.80. The monoisotopic (exact) mass is 320 g/mol. The predicted molar refractivity (Wildman–Crippen MR) is 85.8 cm³/mol. The fraction of sp³-hybridized carbons (Fsp3) is 0.889. The first-order valence-corrected chi connectivity index (χ1v) is 9.18. The Morgan fingerprint density at radius 1 is 1.04 bits per heavy atom. The first kappa shape index (κ1) is 15.4. The summed E-state index contributed by atoms with van der Waals surface area (Å²) in [5.41, 5.74) is -0.383. The highest BCUT2D eigenvalue weighted by Gasteiger charge is 2.66. The van der Waals surface area contributed by atoms with Gasteiger partial charge in [-0.05, 0) is 50.0 Å². The number of hydrogen-bond donors (Lipinski definition) is 1. The molecule has 0 aromatic carbocycles. The predicted octanol–water partition coefficient (Wildman–Crippen LogP) is 1.82. The van der Waals surface area contributed by atoms with E-state index in [9.17, 15) is 14.7 Å². The van der Waals surface area contributed by atoms with Crippen molar-refractivity contribution in [1.82, 2.24) is 9.80 Å². The van der Waals surface area contributed by atoms with Crippen molar-refractivity contribution in [2.75, 3.05) is 19.6 Å². The van der Waals surface area contributed by atoms with E-state index in [2.05, 4.69) is 4.90 Å². The second-order valence-corrected chi connectivity index (χ2v) is 8.63. The Morgan fingerprint density at radius 3 is 2.39 bits per heavy atom. The summed E-state index contributed by atoms with van der Waals surface area (Å²) in [5.74, 6) is -0.959. The number of nitrogens with zero attached hydrogens (tertiary/aromatic N) is 2. The van der Waals surface area contributed by atoms with Crippen LogP contribution in [0.2, 0.25) is 0 Å². The number of fused-ring (bicyclic) bond motifs is 1. The molecule has 4 atom stereocenters. The molecule has 5 heteroatoms. The number of aliphatic carboxylic acids is 1. The quantitative estimate of drug-likeness (QED) is 0.862. The molecule has 4 aliphatic rings. The highest BCUT2D eigenvalue weighted by molar-refractivity contribution is 5.91. The van der Waals surface area contributed by atoms with Gasteiger partial charge in [-0.15, -0.1) is 0 Å². The molecule has 0 aromatic rings. The molecule has 128 valence electrons. The van der Waals surface area contributed by atoms with E-state index in [1.807, 2.05) is 18.7 Å². The van der Waals surface area contributed by atoms with Crippen molar-refractivity contribution in [2.45, 2.75) is 58.0 Å². The molecule has 0 aromatic heterocycles. The smallest absolute Gasteiger partial charge is 0.307 e. The largest absolute Gasteiger partial charge is 0.481 e. The summed E-state index contributed by atoms with van der Waals surface area (Å²) < 4.78 is 0. The summed E-state index contributed by atoms with van der Waals surface area (Å²) in [7, 11) is 0. The molecule has 0 radical (unpaired) electrons. The molecule has 0 bridgehead atoms. The first-order chi connectivity index (χ1) is 10.9. The van der Waals surface area contributed by atoms with Crippen LogP contribution in [-0.4, -0.2) is 58.5 Å². The topological polar surface area (TPSA) is 60.9 Å². The SMILES string of the molecule is CC1(C)[C@H](C(=O)O)[C@@H]1C(=O)N1CCC2C(CCCN2C2CC2)C1. The lowest BCUT2D eigenvalue weighted by Crippen LogP contribution is -2.56. The Kier molecular flexibility index (Phi) is 3.49. The van der Waals surface area contributed by atoms with E-state index in [1.54, 1.807) is 0 Å². The molecule has 5 nitrogen and oxygen atoms in total. The van der Waals surface area contributed by atoms with Crippen LogP contribution in [0.5, 0.6) is 0 Å². The molecular formula is C18H28N2O3. The number of carbonyl (C=O) groups excluding carboxylic acids is 1. The summed E-state index contributed by atoms with van der Waals surface area (Å²) >= 11 is 0. The molecule has 4 fully saturated rings. The van der Waals surface area contributed by atoms with Crippen molar-refractivity contribution in [1.29, 1.82) is 0 Å². The zero-order valence-electron chi connectivity index (χ0n) is 14.2. The molecule has 2 saturated carbocycles. The maximum absolute atomic E-state index is 12.8. The average Bonchev–Trinajstić information content (AvgIpc) is 3.41. The number of amides is 1. The molecule has 2 aliphatic carbocycles. The standard InChI is InChI=1S/C18H28N2O3/c1-18(2)14(15(18)17(22)23)16(21)19-9-7-13-11(10-19)4-3-8-20(13)12-5-6-12/h11-15H,3-10H2,1-2H3,(H,22,23)/t11?,13?,14-,15+/m1/s1. The number of carboxylic acids is 1. The van der Waals surface area contributed by atoms with Crippen LogP contribution in [-0.2, 0) is 9.59 Å². The average molecular weight is 320 g/mol. The number of hydrogen-bond acceptors (Lipinski definition) is 3. The van der Waals surface area contributed by atoms with E-state index in [4.69, 9.17) is 0 Å². The molecule has 1 N–H and O–H groups in total. The van der Waals surface area contributed by atoms with Gasteiger partial charge in [0.25, 0.3) is 0 Å². The van der Waals surface area contributed by atoms with Crippen molar-refractivity contribution in [3.63, 3.8) is 0 Å². The fourth-order valence-electron chi connectivity index (χ4n) is 5.26. The van der Waals surface area contributed by atoms with Crippen LogP contribution in [0, 0.1) is 23.2 Å². The minimum absolute atomic E-state index is 0.0874. The number of likely N-dealkylation sites (tertiary alicyclic amines) is 2. The van der Waals surface area contributed by atoms with Gasteiger partial charge in [0.1, 0.15) is 0 Å². The molecule has 4 rings (SSSR count). The van der Waals surface area contributed by atoms with Gasteiger partial charge in [-0.25, -0.2) is 0 Å². The van der Waals surface area contributed by atoms with E-state index < -0.39 is 11.9 Å². The summed E-state index contributed by atoms with van der Waals surface area (Å²) in [4.78, 5) is 28.9. The van der Waals surface area contributed by atoms with E-state index in [0.717, 1.165) is 25.6 Å². The lowest BCUT2D eigenvalue weighted by atomic mass is 9.83. The Balaban J connectivity index is 1.42. The normalized spacial score (nSPS) is 39.7. The van der Waals surface area contributed by atoms with Gasteiger partial charge in [0.05, 0.1) is 11.8 Å². The minimum Gasteiger partial charge on any atom is -0.481 e. The number of carbonyl (C=O) groups is 2. The van der Waals surface area contributed by atoms with Gasteiger partial charge in [0.15, 0.2) is 0 Å². The van der Waals surface area contributed by atoms with Crippen LogP contribution in [0.25, 0.3) is 0 Å². The Labute approximate surface area is 138 Å². The molecule has 2 aliphatic heterocycles. The van der Waals surface area contributed by atoms with E-state index >= 15 is 0 Å². The zero-order valence-corrected chi connectivity index (χ0v) is 14.2. The number of carboxylic acid groups (broad SMARTS) is 1. The van der Waals surface area contributed by atoms with Gasteiger partial charge < -0.3 is 10.0 Å². The van der Waals surface area contributed by atoms with Gasteiger partial charge in [0, 0.05) is 25.2 Å². The van der Waals surface area contributed by atoms with Crippen LogP contribution in [0.1, 0.15) is 46.0 Å². The second kappa shape index (κ2) is 5.20. The Bertz CT molecular complexity index is 528. The molecule has 23 heavy (non-hydrogen) atoms. The van der Waals surface area contributed by atoms with Crippen molar-refractivity contribution in [2.24, 2.45) is 23.2 Å². The lowest BCUT2D eigenvalue weighted by Gasteiger charge is -2.47. The summed E-state index contributed by atoms with van der Waals surface area (Å²) in [6.07, 6.45) is 6.23. The van der Waals surface area contributed by atoms with E-state index in [-0.39, 0.29) is 17.2 Å². The number of piperidine rings is 2. The molecular weight excluding hydrogens is 292 g/mol. The lowest BCUT2D eigenvalue weighted by molar-refractivity contribution is -0.143. The van der Waals surface area contributed by atoms with Crippen LogP contribution < -0.4 is 0 Å². The highest BCUT2D eigenvalue weighted by Crippen LogP contribution is 2.59. The third-order valence-corrected chi connectivity index (χ3v) is 6.80. The summed E-state index contributed by atoms with van der Waals surface area (Å²) in [6.45, 7) is 6.71. The maximum atomic E-state index is 12.8. The van der Waals surface area contributed by atoms with Crippen molar-refractivity contribution >= 4 is 11.9 Å². The first-order valence-electron chi connectivity index (χ1n) is 9.18. The second-order valence-electron chi connectivity index (χ2n) is 8.63.